The van der Waals surface area contributed by atoms with Gasteiger partial charge in [0.2, 0.25) is 0 Å². The van der Waals surface area contributed by atoms with Crippen molar-refractivity contribution in [2.45, 2.75) is 33.2 Å². The first-order chi connectivity index (χ1) is 11.6. The first-order valence-corrected chi connectivity index (χ1v) is 8.87. The van der Waals surface area contributed by atoms with Crippen LogP contribution in [-0.4, -0.2) is 29.1 Å². The molecule has 0 fully saturated rings. The van der Waals surface area contributed by atoms with Crippen LogP contribution in [0.1, 0.15) is 29.3 Å². The molecule has 5 nitrogen and oxygen atoms in total. The van der Waals surface area contributed by atoms with E-state index in [4.69, 9.17) is 0 Å². The second-order valence-electron chi connectivity index (χ2n) is 5.23. The monoisotopic (exact) mass is 350 g/mol. The van der Waals surface area contributed by atoms with Crippen LogP contribution in [0.2, 0.25) is 0 Å². The molecule has 3 N–H and O–H groups in total. The van der Waals surface area contributed by atoms with Gasteiger partial charge in [-0.2, -0.15) is 0 Å². The maximum absolute atomic E-state index is 13.3. The minimum atomic E-state index is -0.629. The van der Waals surface area contributed by atoms with Gasteiger partial charge < -0.3 is 15.7 Å². The van der Waals surface area contributed by atoms with Crippen molar-refractivity contribution in [1.29, 1.82) is 0 Å². The van der Waals surface area contributed by atoms with E-state index in [0.717, 1.165) is 30.9 Å². The molecule has 0 radical (unpaired) electrons. The predicted molar refractivity (Wildman–Crippen MR) is 96.1 cm³/mol. The van der Waals surface area contributed by atoms with Crippen molar-refractivity contribution in [2.24, 2.45) is 4.99 Å². The molecule has 0 amide bonds. The Hall–Kier alpha value is -2.15. The van der Waals surface area contributed by atoms with Crippen LogP contribution >= 0.6 is 11.3 Å². The van der Waals surface area contributed by atoms with Crippen molar-refractivity contribution in [3.05, 3.63) is 45.7 Å². The van der Waals surface area contributed by atoms with Gasteiger partial charge in [-0.25, -0.2) is 14.4 Å². The molecule has 1 aromatic carbocycles. The van der Waals surface area contributed by atoms with Crippen molar-refractivity contribution < 1.29 is 9.50 Å². The SMILES string of the molecule is CCNC(=NCc1ccc(O)c(F)c1)NCCc1ncc(CC)s1. The molecule has 2 aromatic rings. The minimum absolute atomic E-state index is 0.337. The van der Waals surface area contributed by atoms with Gasteiger partial charge in [-0.05, 0) is 31.0 Å². The Morgan fingerprint density at radius 2 is 2.17 bits per heavy atom. The summed E-state index contributed by atoms with van der Waals surface area (Å²) in [7, 11) is 0. The van der Waals surface area contributed by atoms with Crippen LogP contribution in [0.5, 0.6) is 5.75 Å². The van der Waals surface area contributed by atoms with Crippen molar-refractivity contribution in [3.63, 3.8) is 0 Å². The molecule has 0 atom stereocenters. The van der Waals surface area contributed by atoms with Gasteiger partial charge in [0.25, 0.3) is 0 Å². The first kappa shape index (κ1) is 18.2. The second kappa shape index (κ2) is 9.22. The number of phenolic OH excluding ortho intramolecular Hbond substituents is 1. The number of halogens is 1. The molecule has 0 spiro atoms. The van der Waals surface area contributed by atoms with Gasteiger partial charge >= 0.3 is 0 Å². The summed E-state index contributed by atoms with van der Waals surface area (Å²) >= 11 is 1.73. The second-order valence-corrected chi connectivity index (χ2v) is 6.43. The number of aromatic hydroxyl groups is 1. The smallest absolute Gasteiger partial charge is 0.191 e. The van der Waals surface area contributed by atoms with E-state index in [1.807, 2.05) is 13.1 Å². The Bertz CT molecular complexity index is 687. The van der Waals surface area contributed by atoms with Crippen molar-refractivity contribution >= 4 is 17.3 Å². The molecule has 2 rings (SSSR count). The zero-order valence-corrected chi connectivity index (χ0v) is 14.8. The van der Waals surface area contributed by atoms with E-state index in [9.17, 15) is 9.50 Å². The molecule has 130 valence electrons. The molecule has 0 saturated carbocycles. The molecule has 0 aliphatic heterocycles. The lowest BCUT2D eigenvalue weighted by Crippen LogP contribution is -2.38. The molecule has 0 aliphatic rings. The minimum Gasteiger partial charge on any atom is -0.505 e. The van der Waals surface area contributed by atoms with Gasteiger partial charge in [0.1, 0.15) is 0 Å². The Morgan fingerprint density at radius 1 is 1.33 bits per heavy atom. The molecule has 1 aromatic heterocycles. The average molecular weight is 350 g/mol. The number of hydrogen-bond donors (Lipinski definition) is 3. The molecular formula is C17H23FN4OS. The number of hydrogen-bond acceptors (Lipinski definition) is 4. The van der Waals surface area contributed by atoms with E-state index in [0.29, 0.717) is 18.1 Å². The quantitative estimate of drug-likeness (QED) is 0.530. The molecule has 0 bridgehead atoms. The molecule has 0 aliphatic carbocycles. The highest BCUT2D eigenvalue weighted by Crippen LogP contribution is 2.16. The normalized spacial score (nSPS) is 11.5. The van der Waals surface area contributed by atoms with Gasteiger partial charge in [-0.15, -0.1) is 11.3 Å². The van der Waals surface area contributed by atoms with Crippen molar-refractivity contribution in [1.82, 2.24) is 15.6 Å². The van der Waals surface area contributed by atoms with Crippen LogP contribution in [-0.2, 0) is 19.4 Å². The number of phenols is 1. The van der Waals surface area contributed by atoms with Crippen LogP contribution < -0.4 is 10.6 Å². The van der Waals surface area contributed by atoms with Crippen molar-refractivity contribution in [3.8, 4) is 5.75 Å². The Balaban J connectivity index is 1.88. The fourth-order valence-electron chi connectivity index (χ4n) is 2.08. The molecule has 24 heavy (non-hydrogen) atoms. The highest BCUT2D eigenvalue weighted by Gasteiger charge is 2.04. The standard InChI is InChI=1S/C17H23FN4OS/c1-3-13-11-21-16(24-13)7-8-20-17(19-4-2)22-10-12-5-6-15(23)14(18)9-12/h5-6,9,11,23H,3-4,7-8,10H2,1-2H3,(H2,19,20,22). The van der Waals surface area contributed by atoms with Gasteiger partial charge in [-0.1, -0.05) is 13.0 Å². The topological polar surface area (TPSA) is 69.5 Å². The summed E-state index contributed by atoms with van der Waals surface area (Å²) in [6.45, 7) is 5.92. The van der Waals surface area contributed by atoms with Crippen LogP contribution in [0.3, 0.4) is 0 Å². The summed E-state index contributed by atoms with van der Waals surface area (Å²) in [6, 6.07) is 4.30. The lowest BCUT2D eigenvalue weighted by Gasteiger charge is -2.10. The Kier molecular flexibility index (Phi) is 6.99. The summed E-state index contributed by atoms with van der Waals surface area (Å²) in [4.78, 5) is 10.1. The third kappa shape index (κ3) is 5.49. The maximum Gasteiger partial charge on any atom is 0.191 e. The van der Waals surface area contributed by atoms with Gasteiger partial charge in [0, 0.05) is 30.6 Å². The van der Waals surface area contributed by atoms with E-state index in [1.54, 1.807) is 17.4 Å². The fourth-order valence-corrected chi connectivity index (χ4v) is 2.94. The number of nitrogens with zero attached hydrogens (tertiary/aromatic N) is 2. The van der Waals surface area contributed by atoms with Crippen LogP contribution in [0.4, 0.5) is 4.39 Å². The highest BCUT2D eigenvalue weighted by molar-refractivity contribution is 7.11. The van der Waals surface area contributed by atoms with E-state index in [1.165, 1.54) is 17.0 Å². The van der Waals surface area contributed by atoms with Crippen LogP contribution in [0.25, 0.3) is 0 Å². The van der Waals surface area contributed by atoms with Crippen LogP contribution in [0, 0.1) is 5.82 Å². The predicted octanol–water partition coefficient (Wildman–Crippen LogP) is 2.85. The lowest BCUT2D eigenvalue weighted by atomic mass is 10.2. The number of thiazole rings is 1. The molecule has 7 heteroatoms. The van der Waals surface area contributed by atoms with Gasteiger partial charge in [0.05, 0.1) is 11.6 Å². The number of aryl methyl sites for hydroxylation is 1. The fraction of sp³-hybridized carbons (Fsp3) is 0.412. The van der Waals surface area contributed by atoms with Crippen molar-refractivity contribution in [2.75, 3.05) is 13.1 Å². The highest BCUT2D eigenvalue weighted by atomic mass is 32.1. The number of rotatable bonds is 7. The largest absolute Gasteiger partial charge is 0.505 e. The first-order valence-electron chi connectivity index (χ1n) is 8.05. The molecule has 0 saturated heterocycles. The third-order valence-electron chi connectivity index (χ3n) is 3.36. The number of aliphatic imine (C=N–C) groups is 1. The zero-order valence-electron chi connectivity index (χ0n) is 14.0. The maximum atomic E-state index is 13.3. The summed E-state index contributed by atoms with van der Waals surface area (Å²) in [5.74, 6) is -0.294. The van der Waals surface area contributed by atoms with Crippen LogP contribution in [0.15, 0.2) is 29.4 Å². The lowest BCUT2D eigenvalue weighted by molar-refractivity contribution is 0.432. The van der Waals surface area contributed by atoms with Gasteiger partial charge in [-0.3, -0.25) is 0 Å². The Labute approximate surface area is 145 Å². The Morgan fingerprint density at radius 3 is 2.83 bits per heavy atom. The summed E-state index contributed by atoms with van der Waals surface area (Å²) in [5, 5.41) is 16.7. The zero-order chi connectivity index (χ0) is 17.4. The van der Waals surface area contributed by atoms with Gasteiger partial charge in [0.15, 0.2) is 17.5 Å². The summed E-state index contributed by atoms with van der Waals surface area (Å²) in [6.07, 6.45) is 3.78. The molecule has 1 heterocycles. The number of guanidine groups is 1. The average Bonchev–Trinajstić information content (AvgIpc) is 3.03. The number of aromatic nitrogens is 1. The number of nitrogens with one attached hydrogen (secondary N) is 2. The van der Waals surface area contributed by atoms with E-state index >= 15 is 0 Å². The molecule has 0 unspecified atom stereocenters. The van der Waals surface area contributed by atoms with E-state index < -0.39 is 5.82 Å². The number of benzene rings is 1. The summed E-state index contributed by atoms with van der Waals surface area (Å²) < 4.78 is 13.3. The van der Waals surface area contributed by atoms with E-state index in [2.05, 4.69) is 27.5 Å². The summed E-state index contributed by atoms with van der Waals surface area (Å²) in [5.41, 5.74) is 0.704. The third-order valence-corrected chi connectivity index (χ3v) is 4.56. The molecular weight excluding hydrogens is 327 g/mol. The van der Waals surface area contributed by atoms with E-state index in [-0.39, 0.29) is 5.75 Å².